The smallest absolute Gasteiger partial charge is 0.0231 e. The molecule has 2 atom stereocenters. The first-order valence-corrected chi connectivity index (χ1v) is 8.58. The van der Waals surface area contributed by atoms with E-state index in [9.17, 15) is 0 Å². The topological polar surface area (TPSA) is 15.3 Å². The maximum Gasteiger partial charge on any atom is 0.0231 e. The van der Waals surface area contributed by atoms with Crippen LogP contribution in [-0.2, 0) is 6.54 Å². The van der Waals surface area contributed by atoms with Gasteiger partial charge in [-0.2, -0.15) is 0 Å². The lowest BCUT2D eigenvalue weighted by atomic mass is 9.94. The molecule has 0 bridgehead atoms. The van der Waals surface area contributed by atoms with Crippen LogP contribution in [0.15, 0.2) is 28.7 Å². The van der Waals surface area contributed by atoms with Gasteiger partial charge in [0.05, 0.1) is 0 Å². The van der Waals surface area contributed by atoms with Gasteiger partial charge in [-0.3, -0.25) is 0 Å². The van der Waals surface area contributed by atoms with Gasteiger partial charge in [0.1, 0.15) is 0 Å². The number of nitrogens with zero attached hydrogens (tertiary/aromatic N) is 1. The highest BCUT2D eigenvalue weighted by Crippen LogP contribution is 2.24. The summed E-state index contributed by atoms with van der Waals surface area (Å²) in [4.78, 5) is 2.47. The van der Waals surface area contributed by atoms with Gasteiger partial charge < -0.3 is 10.2 Å². The van der Waals surface area contributed by atoms with Crippen molar-refractivity contribution in [1.82, 2.24) is 10.2 Å². The fourth-order valence-corrected chi connectivity index (χ4v) is 3.84. The SMILES string of the molecule is CNC1CCCCCC1CN(C)Cc1cccc(Br)c1. The molecule has 3 heteroatoms. The summed E-state index contributed by atoms with van der Waals surface area (Å²) in [7, 11) is 4.37. The summed E-state index contributed by atoms with van der Waals surface area (Å²) >= 11 is 3.55. The summed E-state index contributed by atoms with van der Waals surface area (Å²) in [6.07, 6.45) is 6.90. The Morgan fingerprint density at radius 2 is 2.05 bits per heavy atom. The zero-order valence-electron chi connectivity index (χ0n) is 12.7. The Hall–Kier alpha value is -0.380. The van der Waals surface area contributed by atoms with Crippen molar-refractivity contribution in [1.29, 1.82) is 0 Å². The summed E-state index contributed by atoms with van der Waals surface area (Å²) in [5.41, 5.74) is 1.39. The van der Waals surface area contributed by atoms with Crippen LogP contribution in [0.2, 0.25) is 0 Å². The van der Waals surface area contributed by atoms with Crippen LogP contribution in [0.4, 0.5) is 0 Å². The summed E-state index contributed by atoms with van der Waals surface area (Å²) in [6, 6.07) is 9.34. The number of hydrogen-bond acceptors (Lipinski definition) is 2. The fraction of sp³-hybridized carbons (Fsp3) is 0.647. The van der Waals surface area contributed by atoms with E-state index in [1.807, 2.05) is 0 Å². The molecule has 0 aliphatic heterocycles. The first kappa shape index (κ1) is 16.0. The lowest BCUT2D eigenvalue weighted by Gasteiger charge is -2.29. The summed E-state index contributed by atoms with van der Waals surface area (Å²) in [5, 5.41) is 3.54. The lowest BCUT2D eigenvalue weighted by molar-refractivity contribution is 0.223. The summed E-state index contributed by atoms with van der Waals surface area (Å²) in [5.74, 6) is 0.791. The highest BCUT2D eigenvalue weighted by Gasteiger charge is 2.23. The van der Waals surface area contributed by atoms with Crippen molar-refractivity contribution in [2.24, 2.45) is 5.92 Å². The molecule has 0 aromatic heterocycles. The third-order valence-electron chi connectivity index (χ3n) is 4.42. The van der Waals surface area contributed by atoms with Gasteiger partial charge in [0, 0.05) is 23.6 Å². The van der Waals surface area contributed by atoms with Gasteiger partial charge >= 0.3 is 0 Å². The lowest BCUT2D eigenvalue weighted by Crippen LogP contribution is -2.39. The molecule has 0 saturated heterocycles. The molecule has 2 unspecified atom stereocenters. The van der Waals surface area contributed by atoms with Crippen LogP contribution in [0.3, 0.4) is 0 Å². The first-order valence-electron chi connectivity index (χ1n) is 7.79. The predicted molar refractivity (Wildman–Crippen MR) is 89.9 cm³/mol. The van der Waals surface area contributed by atoms with Crippen molar-refractivity contribution in [3.63, 3.8) is 0 Å². The third-order valence-corrected chi connectivity index (χ3v) is 4.91. The van der Waals surface area contributed by atoms with Gasteiger partial charge in [0.15, 0.2) is 0 Å². The largest absolute Gasteiger partial charge is 0.317 e. The quantitative estimate of drug-likeness (QED) is 0.814. The molecule has 0 radical (unpaired) electrons. The van der Waals surface area contributed by atoms with Crippen molar-refractivity contribution in [2.45, 2.75) is 44.7 Å². The maximum absolute atomic E-state index is 3.55. The van der Waals surface area contributed by atoms with Crippen molar-refractivity contribution in [3.8, 4) is 0 Å². The number of nitrogens with one attached hydrogen (secondary N) is 1. The molecule has 112 valence electrons. The Morgan fingerprint density at radius 3 is 2.80 bits per heavy atom. The Kier molecular flexibility index (Phi) is 6.53. The Morgan fingerprint density at radius 1 is 1.25 bits per heavy atom. The molecule has 1 aromatic carbocycles. The molecular formula is C17H27BrN2. The van der Waals surface area contributed by atoms with Gasteiger partial charge in [-0.1, -0.05) is 47.3 Å². The van der Waals surface area contributed by atoms with Crippen molar-refractivity contribution in [2.75, 3.05) is 20.6 Å². The fourth-order valence-electron chi connectivity index (χ4n) is 3.39. The monoisotopic (exact) mass is 338 g/mol. The maximum atomic E-state index is 3.55. The molecule has 0 amide bonds. The predicted octanol–water partition coefficient (Wildman–Crippen LogP) is 4.05. The van der Waals surface area contributed by atoms with Crippen LogP contribution in [0.5, 0.6) is 0 Å². The molecule has 2 rings (SSSR count). The highest BCUT2D eigenvalue weighted by atomic mass is 79.9. The van der Waals surface area contributed by atoms with Crippen LogP contribution < -0.4 is 5.32 Å². The molecule has 20 heavy (non-hydrogen) atoms. The van der Waals surface area contributed by atoms with Gasteiger partial charge in [-0.15, -0.1) is 0 Å². The average molecular weight is 339 g/mol. The van der Waals surface area contributed by atoms with Gasteiger partial charge in [-0.05, 0) is 50.6 Å². The number of hydrogen-bond donors (Lipinski definition) is 1. The molecule has 0 heterocycles. The zero-order valence-corrected chi connectivity index (χ0v) is 14.3. The molecule has 2 nitrogen and oxygen atoms in total. The highest BCUT2D eigenvalue weighted by molar-refractivity contribution is 9.10. The van der Waals surface area contributed by atoms with Crippen LogP contribution in [0.25, 0.3) is 0 Å². The Labute approximate surface area is 132 Å². The standard InChI is InChI=1S/C17H27BrN2/c1-19-17-10-5-3-4-8-15(17)13-20(2)12-14-7-6-9-16(18)11-14/h6-7,9,11,15,17,19H,3-5,8,10,12-13H2,1-2H3. The van der Waals surface area contributed by atoms with Gasteiger partial charge in [-0.25, -0.2) is 0 Å². The second kappa shape index (κ2) is 8.16. The van der Waals surface area contributed by atoms with Crippen LogP contribution in [0.1, 0.15) is 37.7 Å². The minimum Gasteiger partial charge on any atom is -0.317 e. The van der Waals surface area contributed by atoms with Crippen molar-refractivity contribution in [3.05, 3.63) is 34.3 Å². The van der Waals surface area contributed by atoms with Gasteiger partial charge in [0.2, 0.25) is 0 Å². The number of benzene rings is 1. The molecule has 0 spiro atoms. The van der Waals surface area contributed by atoms with E-state index in [1.165, 1.54) is 48.7 Å². The van der Waals surface area contributed by atoms with E-state index in [0.29, 0.717) is 6.04 Å². The Bertz CT molecular complexity index is 408. The second-order valence-electron chi connectivity index (χ2n) is 6.12. The minimum atomic E-state index is 0.697. The third kappa shape index (κ3) is 4.87. The number of halogens is 1. The van der Waals surface area contributed by atoms with E-state index >= 15 is 0 Å². The van der Waals surface area contributed by atoms with Gasteiger partial charge in [0.25, 0.3) is 0 Å². The molecule has 1 fully saturated rings. The van der Waals surface area contributed by atoms with E-state index in [-0.39, 0.29) is 0 Å². The first-order chi connectivity index (χ1) is 9.69. The number of rotatable bonds is 5. The normalized spacial score (nSPS) is 23.8. The summed E-state index contributed by atoms with van der Waals surface area (Å²) < 4.78 is 1.17. The molecule has 1 aromatic rings. The molecular weight excluding hydrogens is 312 g/mol. The van der Waals surface area contributed by atoms with E-state index in [0.717, 1.165) is 12.5 Å². The molecule has 1 N–H and O–H groups in total. The minimum absolute atomic E-state index is 0.697. The molecule has 1 aliphatic rings. The Balaban J connectivity index is 1.90. The van der Waals surface area contributed by atoms with E-state index in [2.05, 4.69) is 64.5 Å². The molecule has 1 saturated carbocycles. The van der Waals surface area contributed by atoms with Crippen LogP contribution in [0, 0.1) is 5.92 Å². The molecule has 1 aliphatic carbocycles. The summed E-state index contributed by atoms with van der Waals surface area (Å²) in [6.45, 7) is 2.23. The second-order valence-corrected chi connectivity index (χ2v) is 7.04. The average Bonchev–Trinajstić information content (AvgIpc) is 2.63. The van der Waals surface area contributed by atoms with Crippen molar-refractivity contribution >= 4 is 15.9 Å². The van der Waals surface area contributed by atoms with E-state index in [1.54, 1.807) is 0 Å². The zero-order chi connectivity index (χ0) is 14.4. The van der Waals surface area contributed by atoms with E-state index in [4.69, 9.17) is 0 Å². The van der Waals surface area contributed by atoms with E-state index < -0.39 is 0 Å². The van der Waals surface area contributed by atoms with Crippen LogP contribution >= 0.6 is 15.9 Å². The van der Waals surface area contributed by atoms with Crippen molar-refractivity contribution < 1.29 is 0 Å². The van der Waals surface area contributed by atoms with Crippen LogP contribution in [-0.4, -0.2) is 31.6 Å².